The van der Waals surface area contributed by atoms with Crippen molar-refractivity contribution in [2.45, 2.75) is 6.92 Å². The molecule has 5 nitrogen and oxygen atoms in total. The first-order valence-electron chi connectivity index (χ1n) is 6.70. The molecule has 0 aliphatic carbocycles. The second-order valence-corrected chi connectivity index (χ2v) is 4.61. The predicted octanol–water partition coefficient (Wildman–Crippen LogP) is 2.57. The molecule has 0 spiro atoms. The molecule has 0 bridgehead atoms. The number of hydrogen-bond donors (Lipinski definition) is 2. The topological polar surface area (TPSA) is 81.0 Å². The minimum atomic E-state index is -0.126. The third-order valence-electron chi connectivity index (χ3n) is 3.30. The quantitative estimate of drug-likeness (QED) is 0.773. The van der Waals surface area contributed by atoms with Crippen LogP contribution in [0.1, 0.15) is 6.92 Å². The number of rotatable bonds is 3. The van der Waals surface area contributed by atoms with Gasteiger partial charge < -0.3 is 15.5 Å². The molecule has 21 heavy (non-hydrogen) atoms. The van der Waals surface area contributed by atoms with E-state index in [0.29, 0.717) is 23.1 Å². The van der Waals surface area contributed by atoms with E-state index in [1.807, 2.05) is 31.2 Å². The van der Waals surface area contributed by atoms with Crippen LogP contribution in [-0.2, 0) is 0 Å². The van der Waals surface area contributed by atoms with Crippen molar-refractivity contribution < 1.29 is 4.74 Å². The monoisotopic (exact) mass is 281 g/mol. The van der Waals surface area contributed by atoms with Gasteiger partial charge in [0.05, 0.1) is 17.5 Å². The lowest BCUT2D eigenvalue weighted by atomic mass is 10.1. The van der Waals surface area contributed by atoms with Crippen LogP contribution < -0.4 is 15.9 Å². The number of nitrogen functional groups attached to an aromatic ring is 1. The first-order valence-corrected chi connectivity index (χ1v) is 6.70. The summed E-state index contributed by atoms with van der Waals surface area (Å²) in [6.07, 6.45) is 3.27. The number of benzene rings is 1. The highest BCUT2D eigenvalue weighted by Gasteiger charge is 2.10. The number of anilines is 1. The lowest BCUT2D eigenvalue weighted by molar-refractivity contribution is 0.340. The van der Waals surface area contributed by atoms with E-state index in [0.717, 1.165) is 11.3 Å². The van der Waals surface area contributed by atoms with Crippen LogP contribution in [0.15, 0.2) is 47.5 Å². The van der Waals surface area contributed by atoms with Gasteiger partial charge in [-0.25, -0.2) is 4.98 Å². The van der Waals surface area contributed by atoms with Gasteiger partial charge in [-0.05, 0) is 30.7 Å². The van der Waals surface area contributed by atoms with Crippen LogP contribution in [0.2, 0.25) is 0 Å². The van der Waals surface area contributed by atoms with Gasteiger partial charge in [0.2, 0.25) is 5.43 Å². The average molecular weight is 281 g/mol. The Balaban J connectivity index is 2.14. The summed E-state index contributed by atoms with van der Waals surface area (Å²) in [5.74, 6) is 1.01. The average Bonchev–Trinajstić information content (AvgIpc) is 2.49. The summed E-state index contributed by atoms with van der Waals surface area (Å²) < 4.78 is 5.40. The molecule has 2 aromatic heterocycles. The number of ether oxygens (including phenoxy) is 1. The van der Waals surface area contributed by atoms with Crippen molar-refractivity contribution >= 4 is 16.7 Å². The zero-order valence-corrected chi connectivity index (χ0v) is 11.6. The number of H-pyrrole nitrogens is 1. The van der Waals surface area contributed by atoms with Crippen molar-refractivity contribution in [3.05, 3.63) is 52.9 Å². The maximum absolute atomic E-state index is 12.6. The molecule has 3 aromatic rings. The maximum atomic E-state index is 12.6. The minimum Gasteiger partial charge on any atom is -0.494 e. The van der Waals surface area contributed by atoms with E-state index in [4.69, 9.17) is 10.5 Å². The fraction of sp³-hybridized carbons (Fsp3) is 0.125. The fourth-order valence-corrected chi connectivity index (χ4v) is 2.30. The molecule has 0 radical (unpaired) electrons. The Labute approximate surface area is 121 Å². The Kier molecular flexibility index (Phi) is 3.31. The third kappa shape index (κ3) is 2.33. The van der Waals surface area contributed by atoms with Crippen LogP contribution in [0.4, 0.5) is 5.82 Å². The Bertz CT molecular complexity index is 838. The first-order chi connectivity index (χ1) is 10.2. The molecule has 2 heterocycles. The fourth-order valence-electron chi connectivity index (χ4n) is 2.30. The van der Waals surface area contributed by atoms with Crippen LogP contribution in [0.3, 0.4) is 0 Å². The molecule has 106 valence electrons. The van der Waals surface area contributed by atoms with Crippen LogP contribution in [0.25, 0.3) is 22.0 Å². The van der Waals surface area contributed by atoms with Crippen LogP contribution in [0.5, 0.6) is 5.75 Å². The van der Waals surface area contributed by atoms with Gasteiger partial charge in [0.25, 0.3) is 0 Å². The molecule has 1 aromatic carbocycles. The Morgan fingerprint density at radius 3 is 2.71 bits per heavy atom. The zero-order valence-electron chi connectivity index (χ0n) is 11.6. The molecule has 0 fully saturated rings. The van der Waals surface area contributed by atoms with E-state index in [-0.39, 0.29) is 11.2 Å². The van der Waals surface area contributed by atoms with Crippen molar-refractivity contribution in [2.75, 3.05) is 12.3 Å². The normalized spacial score (nSPS) is 10.7. The summed E-state index contributed by atoms with van der Waals surface area (Å²) >= 11 is 0. The van der Waals surface area contributed by atoms with E-state index in [2.05, 4.69) is 9.97 Å². The highest BCUT2D eigenvalue weighted by atomic mass is 16.5. The van der Waals surface area contributed by atoms with Crippen molar-refractivity contribution in [2.24, 2.45) is 0 Å². The second-order valence-electron chi connectivity index (χ2n) is 4.61. The van der Waals surface area contributed by atoms with Gasteiger partial charge >= 0.3 is 0 Å². The lowest BCUT2D eigenvalue weighted by Gasteiger charge is -2.07. The summed E-state index contributed by atoms with van der Waals surface area (Å²) in [6.45, 7) is 2.54. The van der Waals surface area contributed by atoms with Gasteiger partial charge in [-0.2, -0.15) is 0 Å². The van der Waals surface area contributed by atoms with E-state index in [9.17, 15) is 4.79 Å². The van der Waals surface area contributed by atoms with E-state index in [1.54, 1.807) is 18.5 Å². The van der Waals surface area contributed by atoms with Crippen molar-refractivity contribution in [1.29, 1.82) is 0 Å². The zero-order chi connectivity index (χ0) is 14.8. The van der Waals surface area contributed by atoms with Gasteiger partial charge in [0, 0.05) is 18.0 Å². The summed E-state index contributed by atoms with van der Waals surface area (Å²) in [7, 11) is 0. The first kappa shape index (κ1) is 13.2. The summed E-state index contributed by atoms with van der Waals surface area (Å²) in [5.41, 5.74) is 7.74. The van der Waals surface area contributed by atoms with E-state index in [1.165, 1.54) is 0 Å². The summed E-state index contributed by atoms with van der Waals surface area (Å²) in [4.78, 5) is 19.7. The number of nitrogens with zero attached hydrogens (tertiary/aromatic N) is 1. The lowest BCUT2D eigenvalue weighted by Crippen LogP contribution is -2.09. The Hall–Kier alpha value is -2.82. The number of nitrogens with two attached hydrogens (primary N) is 1. The molecular formula is C16H15N3O2. The van der Waals surface area contributed by atoms with Gasteiger partial charge in [-0.3, -0.25) is 4.79 Å². The van der Waals surface area contributed by atoms with Gasteiger partial charge in [0.1, 0.15) is 11.6 Å². The molecule has 0 saturated carbocycles. The third-order valence-corrected chi connectivity index (χ3v) is 3.30. The number of pyridine rings is 2. The molecule has 0 aliphatic rings. The number of nitrogens with one attached hydrogen (secondary N) is 1. The number of hydrogen-bond acceptors (Lipinski definition) is 4. The molecule has 0 saturated heterocycles. The largest absolute Gasteiger partial charge is 0.494 e. The molecule has 5 heteroatoms. The van der Waals surface area contributed by atoms with Gasteiger partial charge in [-0.15, -0.1) is 0 Å². The Morgan fingerprint density at radius 1 is 1.24 bits per heavy atom. The van der Waals surface area contributed by atoms with E-state index >= 15 is 0 Å². The molecule has 3 rings (SSSR count). The summed E-state index contributed by atoms with van der Waals surface area (Å²) in [6, 6.07) is 9.13. The Morgan fingerprint density at radius 2 is 2.00 bits per heavy atom. The number of aromatic amines is 1. The summed E-state index contributed by atoms with van der Waals surface area (Å²) in [5, 5.41) is 0.420. The SMILES string of the molecule is CCOc1ccc(-c2c[nH]c3ccnc(N)c3c2=O)cc1. The number of fused-ring (bicyclic) bond motifs is 1. The number of aromatic nitrogens is 2. The highest BCUT2D eigenvalue weighted by Crippen LogP contribution is 2.22. The maximum Gasteiger partial charge on any atom is 0.200 e. The standard InChI is InChI=1S/C16H15N3O2/c1-2-21-11-5-3-10(4-6-11)12-9-19-13-7-8-18-16(17)14(13)15(12)20/h3-9H,2H2,1H3,(H2,17,18)(H,19,20). The minimum absolute atomic E-state index is 0.126. The molecule has 3 N–H and O–H groups in total. The van der Waals surface area contributed by atoms with Crippen LogP contribution in [-0.4, -0.2) is 16.6 Å². The second kappa shape index (κ2) is 5.28. The molecular weight excluding hydrogens is 266 g/mol. The molecule has 0 aliphatic heterocycles. The predicted molar refractivity (Wildman–Crippen MR) is 83.4 cm³/mol. The van der Waals surface area contributed by atoms with Crippen LogP contribution in [0, 0.1) is 0 Å². The molecule has 0 atom stereocenters. The van der Waals surface area contributed by atoms with Crippen molar-refractivity contribution in [1.82, 2.24) is 9.97 Å². The van der Waals surface area contributed by atoms with Gasteiger partial charge in [0.15, 0.2) is 0 Å². The van der Waals surface area contributed by atoms with E-state index < -0.39 is 0 Å². The smallest absolute Gasteiger partial charge is 0.200 e. The van der Waals surface area contributed by atoms with Crippen molar-refractivity contribution in [3.8, 4) is 16.9 Å². The highest BCUT2D eigenvalue weighted by molar-refractivity contribution is 5.90. The molecule has 0 unspecified atom stereocenters. The van der Waals surface area contributed by atoms with Gasteiger partial charge in [-0.1, -0.05) is 12.1 Å². The van der Waals surface area contributed by atoms with Crippen LogP contribution >= 0.6 is 0 Å². The molecule has 0 amide bonds. The van der Waals surface area contributed by atoms with Crippen molar-refractivity contribution in [3.63, 3.8) is 0 Å².